The molecule has 3 heterocycles. The molecule has 0 aliphatic heterocycles. The Bertz CT molecular complexity index is 2970. The Labute approximate surface area is 325 Å². The number of benzene rings is 6. The number of hydrogen-bond donors (Lipinski definition) is 0. The summed E-state index contributed by atoms with van der Waals surface area (Å²) in [5, 5.41) is 4.90. The molecule has 0 bridgehead atoms. The molecule has 55 heavy (non-hydrogen) atoms. The van der Waals surface area contributed by atoms with Crippen molar-refractivity contribution in [3.8, 4) is 39.9 Å². The smallest absolute Gasteiger partial charge is 0.238 e. The van der Waals surface area contributed by atoms with Gasteiger partial charge >= 0.3 is 0 Å². The van der Waals surface area contributed by atoms with Gasteiger partial charge in [-0.2, -0.15) is 9.97 Å². The Kier molecular flexibility index (Phi) is 8.45. The first kappa shape index (κ1) is 33.4. The van der Waals surface area contributed by atoms with E-state index in [-0.39, 0.29) is 0 Å². The summed E-state index contributed by atoms with van der Waals surface area (Å²) in [5.41, 5.74) is 10.9. The van der Waals surface area contributed by atoms with E-state index < -0.39 is 0 Å². The Morgan fingerprint density at radius 2 is 1.38 bits per heavy atom. The lowest BCUT2D eigenvalue weighted by atomic mass is 9.83. The number of rotatable bonds is 8. The van der Waals surface area contributed by atoms with Gasteiger partial charge in [-0.3, -0.25) is 4.57 Å². The molecule has 0 spiro atoms. The van der Waals surface area contributed by atoms with Crippen LogP contribution in [0.5, 0.6) is 0 Å². The summed E-state index contributed by atoms with van der Waals surface area (Å²) < 4.78 is 4.74. The predicted octanol–water partition coefficient (Wildman–Crippen LogP) is 13.5. The quantitative estimate of drug-likeness (QED) is 0.156. The van der Waals surface area contributed by atoms with Gasteiger partial charge in [0.15, 0.2) is 11.6 Å². The number of aromatic nitrogens is 4. The van der Waals surface area contributed by atoms with Crippen LogP contribution in [0.1, 0.15) is 37.3 Å². The third-order valence-corrected chi connectivity index (χ3v) is 12.5. The van der Waals surface area contributed by atoms with Crippen LogP contribution in [0.4, 0.5) is 0 Å². The highest BCUT2D eigenvalue weighted by atomic mass is 32.1. The highest BCUT2D eigenvalue weighted by Crippen LogP contribution is 2.40. The van der Waals surface area contributed by atoms with Gasteiger partial charge in [-0.1, -0.05) is 134 Å². The van der Waals surface area contributed by atoms with E-state index in [4.69, 9.17) is 15.0 Å². The van der Waals surface area contributed by atoms with Gasteiger partial charge in [-0.15, -0.1) is 11.3 Å². The largest absolute Gasteiger partial charge is 0.278 e. The van der Waals surface area contributed by atoms with Crippen LogP contribution in [0.15, 0.2) is 157 Å². The molecule has 0 radical (unpaired) electrons. The standard InChI is InChI=1S/C50H40N4S/c1-3-33(34-16-6-4-7-17-34)29-36-20-10-11-21-38(36)42-31-43-39-22-12-14-24-44(39)54(45(43)28-32(42)2)50-52-48(35-18-8-5-9-19-35)51-49(53-50)37-26-27-41-40-23-13-15-25-46(40)55-47(41)30-37/h4-6,8-16,18-28,30-31,33H,3,7,17,29H2,1-2H3. The molecule has 1 aliphatic rings. The average molecular weight is 729 g/mol. The van der Waals surface area contributed by atoms with Crippen LogP contribution in [0.2, 0.25) is 0 Å². The summed E-state index contributed by atoms with van der Waals surface area (Å²) >= 11 is 1.81. The number of nitrogens with zero attached hydrogens (tertiary/aromatic N) is 4. The molecule has 4 nitrogen and oxygen atoms in total. The van der Waals surface area contributed by atoms with Crippen molar-refractivity contribution in [2.24, 2.45) is 5.92 Å². The molecule has 0 fully saturated rings. The third kappa shape index (κ3) is 5.96. The fourth-order valence-corrected chi connectivity index (χ4v) is 9.67. The topological polar surface area (TPSA) is 43.6 Å². The van der Waals surface area contributed by atoms with Crippen LogP contribution in [-0.2, 0) is 6.42 Å². The molecular formula is C50H40N4S. The predicted molar refractivity (Wildman–Crippen MR) is 232 cm³/mol. The first-order valence-corrected chi connectivity index (χ1v) is 20.2. The maximum Gasteiger partial charge on any atom is 0.238 e. The zero-order valence-electron chi connectivity index (χ0n) is 31.0. The summed E-state index contributed by atoms with van der Waals surface area (Å²) in [6.07, 6.45) is 11.3. The molecule has 5 heteroatoms. The normalized spacial score (nSPS) is 13.6. The summed E-state index contributed by atoms with van der Waals surface area (Å²) in [4.78, 5) is 15.6. The first-order chi connectivity index (χ1) is 27.1. The number of fused-ring (bicyclic) bond motifs is 6. The summed E-state index contributed by atoms with van der Waals surface area (Å²) in [6, 6.07) is 47.9. The third-order valence-electron chi connectivity index (χ3n) is 11.3. The van der Waals surface area contributed by atoms with Gasteiger partial charge in [0.05, 0.1) is 11.0 Å². The molecule has 266 valence electrons. The van der Waals surface area contributed by atoms with Gasteiger partial charge in [-0.25, -0.2) is 4.98 Å². The lowest BCUT2D eigenvalue weighted by molar-refractivity contribution is 0.564. The molecule has 0 saturated heterocycles. The highest BCUT2D eigenvalue weighted by Gasteiger charge is 2.22. The molecule has 3 aromatic heterocycles. The molecule has 6 aromatic carbocycles. The van der Waals surface area contributed by atoms with E-state index in [0.29, 0.717) is 23.5 Å². The SMILES string of the molecule is CCC(Cc1ccccc1-c1cc2c3ccccc3n(-c3nc(-c4ccccc4)nc(-c4ccc5c(c4)sc4ccccc45)n3)c2cc1C)C1=CC=CCC1. The summed E-state index contributed by atoms with van der Waals surface area (Å²) in [7, 11) is 0. The molecule has 10 rings (SSSR count). The Hall–Kier alpha value is -6.17. The van der Waals surface area contributed by atoms with Crippen LogP contribution in [0, 0.1) is 12.8 Å². The van der Waals surface area contributed by atoms with Crippen molar-refractivity contribution >= 4 is 53.3 Å². The van der Waals surface area contributed by atoms with E-state index in [2.05, 4.69) is 152 Å². The van der Waals surface area contributed by atoms with Crippen molar-refractivity contribution in [3.05, 3.63) is 168 Å². The van der Waals surface area contributed by atoms with E-state index in [1.807, 2.05) is 29.5 Å². The van der Waals surface area contributed by atoms with E-state index in [9.17, 15) is 0 Å². The highest BCUT2D eigenvalue weighted by molar-refractivity contribution is 7.25. The number of hydrogen-bond acceptors (Lipinski definition) is 4. The summed E-state index contributed by atoms with van der Waals surface area (Å²) in [5.74, 6) is 2.46. The van der Waals surface area contributed by atoms with Crippen molar-refractivity contribution in [1.82, 2.24) is 19.5 Å². The molecular weight excluding hydrogens is 689 g/mol. The van der Waals surface area contributed by atoms with Crippen molar-refractivity contribution in [1.29, 1.82) is 0 Å². The van der Waals surface area contributed by atoms with Crippen molar-refractivity contribution in [3.63, 3.8) is 0 Å². The maximum absolute atomic E-state index is 5.28. The van der Waals surface area contributed by atoms with E-state index in [1.165, 1.54) is 53.2 Å². The molecule has 1 aliphatic carbocycles. The minimum atomic E-state index is 0.536. The average Bonchev–Trinajstić information content (AvgIpc) is 3.78. The number of thiophene rings is 1. The molecule has 0 amide bonds. The lowest BCUT2D eigenvalue weighted by Crippen LogP contribution is -2.09. The van der Waals surface area contributed by atoms with Gasteiger partial charge in [0.25, 0.3) is 0 Å². The van der Waals surface area contributed by atoms with Crippen LogP contribution >= 0.6 is 11.3 Å². The zero-order valence-corrected chi connectivity index (χ0v) is 31.9. The van der Waals surface area contributed by atoms with Crippen molar-refractivity contribution < 1.29 is 0 Å². The van der Waals surface area contributed by atoms with Gasteiger partial charge in [0.2, 0.25) is 5.95 Å². The minimum absolute atomic E-state index is 0.536. The molecule has 0 saturated carbocycles. The second-order valence-corrected chi connectivity index (χ2v) is 15.8. The van der Waals surface area contributed by atoms with Crippen LogP contribution in [-0.4, -0.2) is 19.5 Å². The van der Waals surface area contributed by atoms with Gasteiger partial charge < -0.3 is 0 Å². The number of para-hydroxylation sites is 1. The van der Waals surface area contributed by atoms with Gasteiger partial charge in [-0.05, 0) is 91.1 Å². The second-order valence-electron chi connectivity index (χ2n) is 14.7. The number of aryl methyl sites for hydroxylation is 1. The van der Waals surface area contributed by atoms with E-state index >= 15 is 0 Å². The Morgan fingerprint density at radius 1 is 0.636 bits per heavy atom. The van der Waals surface area contributed by atoms with Crippen LogP contribution in [0.3, 0.4) is 0 Å². The monoisotopic (exact) mass is 728 g/mol. The minimum Gasteiger partial charge on any atom is -0.278 e. The lowest BCUT2D eigenvalue weighted by Gasteiger charge is -2.22. The van der Waals surface area contributed by atoms with E-state index in [1.54, 1.807) is 5.57 Å². The molecule has 9 aromatic rings. The Morgan fingerprint density at radius 3 is 2.22 bits per heavy atom. The van der Waals surface area contributed by atoms with Crippen molar-refractivity contribution in [2.45, 2.75) is 39.5 Å². The van der Waals surface area contributed by atoms with Crippen molar-refractivity contribution in [2.75, 3.05) is 0 Å². The van der Waals surface area contributed by atoms with E-state index in [0.717, 1.165) is 47.8 Å². The molecule has 0 N–H and O–H groups in total. The summed E-state index contributed by atoms with van der Waals surface area (Å²) in [6.45, 7) is 4.57. The number of allylic oxidation sites excluding steroid dienone is 4. The zero-order chi connectivity index (χ0) is 36.9. The van der Waals surface area contributed by atoms with Crippen LogP contribution < -0.4 is 0 Å². The Balaban J connectivity index is 1.15. The molecule has 1 atom stereocenters. The van der Waals surface area contributed by atoms with Gasteiger partial charge in [0.1, 0.15) is 0 Å². The maximum atomic E-state index is 5.28. The fraction of sp³-hybridized carbons (Fsp3) is 0.140. The van der Waals surface area contributed by atoms with Gasteiger partial charge in [0, 0.05) is 42.1 Å². The van der Waals surface area contributed by atoms with Crippen LogP contribution in [0.25, 0.3) is 81.8 Å². The first-order valence-electron chi connectivity index (χ1n) is 19.3. The second kappa shape index (κ2) is 13.9. The molecule has 1 unspecified atom stereocenters. The fourth-order valence-electron chi connectivity index (χ4n) is 8.53.